The van der Waals surface area contributed by atoms with Crippen LogP contribution in [0.25, 0.3) is 6.08 Å². The molecule has 25 heavy (non-hydrogen) atoms. The van der Waals surface area contributed by atoms with Gasteiger partial charge in [0, 0.05) is 31.9 Å². The fourth-order valence-electron chi connectivity index (χ4n) is 2.56. The molecule has 0 spiro atoms. The SMILES string of the molecule is CN(C(=O)/C=C/c1cccc([N+](=O)[O-])c1)C(CCO)c1ccccc1. The van der Waals surface area contributed by atoms with E-state index in [0.717, 1.165) is 5.56 Å². The van der Waals surface area contributed by atoms with E-state index in [9.17, 15) is 20.0 Å². The van der Waals surface area contributed by atoms with Crippen LogP contribution in [-0.4, -0.2) is 34.5 Å². The standard InChI is InChI=1S/C19H20N2O4/c1-20(18(12-13-22)16-7-3-2-4-8-16)19(23)11-10-15-6-5-9-17(14-15)21(24)25/h2-11,14,18,22H,12-13H2,1H3/b11-10+. The molecule has 2 rings (SSSR count). The highest BCUT2D eigenvalue weighted by Crippen LogP contribution is 2.23. The number of rotatable bonds is 7. The van der Waals surface area contributed by atoms with E-state index in [1.165, 1.54) is 18.2 Å². The van der Waals surface area contributed by atoms with Crippen LogP contribution in [0.5, 0.6) is 0 Å². The number of benzene rings is 2. The quantitative estimate of drug-likeness (QED) is 0.477. The van der Waals surface area contributed by atoms with E-state index in [0.29, 0.717) is 12.0 Å². The van der Waals surface area contributed by atoms with Gasteiger partial charge in [-0.1, -0.05) is 42.5 Å². The van der Waals surface area contributed by atoms with Crippen molar-refractivity contribution in [2.24, 2.45) is 0 Å². The number of hydrogen-bond donors (Lipinski definition) is 1. The molecule has 1 unspecified atom stereocenters. The summed E-state index contributed by atoms with van der Waals surface area (Å²) in [6.45, 7) is -0.0359. The Balaban J connectivity index is 2.15. The Labute approximate surface area is 146 Å². The number of nitrogens with zero attached hydrogens (tertiary/aromatic N) is 2. The molecule has 130 valence electrons. The van der Waals surface area contributed by atoms with E-state index >= 15 is 0 Å². The van der Waals surface area contributed by atoms with Gasteiger partial charge in [-0.05, 0) is 23.6 Å². The number of nitro benzene ring substituents is 1. The van der Waals surface area contributed by atoms with Gasteiger partial charge in [0.15, 0.2) is 0 Å². The molecule has 0 radical (unpaired) electrons. The minimum atomic E-state index is -0.474. The number of nitro groups is 1. The molecule has 0 aromatic heterocycles. The first-order valence-corrected chi connectivity index (χ1v) is 7.88. The van der Waals surface area contributed by atoms with E-state index in [1.807, 2.05) is 30.3 Å². The van der Waals surface area contributed by atoms with Gasteiger partial charge in [0.1, 0.15) is 0 Å². The summed E-state index contributed by atoms with van der Waals surface area (Å²) in [6, 6.07) is 15.3. The predicted octanol–water partition coefficient (Wildman–Crippen LogP) is 3.19. The summed E-state index contributed by atoms with van der Waals surface area (Å²) in [5, 5.41) is 20.1. The van der Waals surface area contributed by atoms with Crippen molar-refractivity contribution in [1.82, 2.24) is 4.90 Å². The highest BCUT2D eigenvalue weighted by Gasteiger charge is 2.19. The molecule has 0 aliphatic rings. The highest BCUT2D eigenvalue weighted by molar-refractivity contribution is 5.92. The van der Waals surface area contributed by atoms with Crippen molar-refractivity contribution < 1.29 is 14.8 Å². The number of likely N-dealkylation sites (N-methyl/N-ethyl adjacent to an activating group) is 1. The zero-order chi connectivity index (χ0) is 18.2. The molecule has 0 saturated heterocycles. The molecule has 0 fully saturated rings. The topological polar surface area (TPSA) is 83.7 Å². The van der Waals surface area contributed by atoms with Crippen molar-refractivity contribution >= 4 is 17.7 Å². The maximum Gasteiger partial charge on any atom is 0.270 e. The van der Waals surface area contributed by atoms with Crippen LogP contribution in [0.3, 0.4) is 0 Å². The summed E-state index contributed by atoms with van der Waals surface area (Å²) in [7, 11) is 1.67. The minimum Gasteiger partial charge on any atom is -0.396 e. The van der Waals surface area contributed by atoms with Gasteiger partial charge in [-0.3, -0.25) is 14.9 Å². The Morgan fingerprint density at radius 2 is 1.96 bits per heavy atom. The van der Waals surface area contributed by atoms with Gasteiger partial charge in [-0.25, -0.2) is 0 Å². The fourth-order valence-corrected chi connectivity index (χ4v) is 2.56. The summed E-state index contributed by atoms with van der Waals surface area (Å²) in [5.41, 5.74) is 1.50. The lowest BCUT2D eigenvalue weighted by atomic mass is 10.0. The number of amides is 1. The Morgan fingerprint density at radius 1 is 1.24 bits per heavy atom. The highest BCUT2D eigenvalue weighted by atomic mass is 16.6. The van der Waals surface area contributed by atoms with Gasteiger partial charge < -0.3 is 10.0 Å². The maximum atomic E-state index is 12.4. The van der Waals surface area contributed by atoms with Gasteiger partial charge in [-0.15, -0.1) is 0 Å². The number of carbonyl (C=O) groups excluding carboxylic acids is 1. The Kier molecular flexibility index (Phi) is 6.42. The van der Waals surface area contributed by atoms with Crippen molar-refractivity contribution in [3.63, 3.8) is 0 Å². The smallest absolute Gasteiger partial charge is 0.270 e. The first-order chi connectivity index (χ1) is 12.0. The van der Waals surface area contributed by atoms with Crippen LogP contribution in [0.2, 0.25) is 0 Å². The lowest BCUT2D eigenvalue weighted by Gasteiger charge is -2.27. The zero-order valence-electron chi connectivity index (χ0n) is 13.9. The molecule has 1 atom stereocenters. The second-order valence-electron chi connectivity index (χ2n) is 5.57. The van der Waals surface area contributed by atoms with Crippen LogP contribution in [0.4, 0.5) is 5.69 Å². The lowest BCUT2D eigenvalue weighted by molar-refractivity contribution is -0.384. The zero-order valence-corrected chi connectivity index (χ0v) is 13.9. The Bertz CT molecular complexity index is 759. The number of aliphatic hydroxyl groups is 1. The second-order valence-corrected chi connectivity index (χ2v) is 5.57. The summed E-state index contributed by atoms with van der Waals surface area (Å²) in [5.74, 6) is -0.242. The van der Waals surface area contributed by atoms with Gasteiger partial charge >= 0.3 is 0 Å². The number of carbonyl (C=O) groups is 1. The fraction of sp³-hybridized carbons (Fsp3) is 0.211. The van der Waals surface area contributed by atoms with E-state index in [4.69, 9.17) is 0 Å². The van der Waals surface area contributed by atoms with Gasteiger partial charge in [0.2, 0.25) is 5.91 Å². The molecule has 1 N–H and O–H groups in total. The number of hydrogen-bond acceptors (Lipinski definition) is 4. The third kappa shape index (κ3) is 4.99. The molecule has 0 saturated carbocycles. The molecule has 6 nitrogen and oxygen atoms in total. The lowest BCUT2D eigenvalue weighted by Crippen LogP contribution is -2.30. The van der Waals surface area contributed by atoms with E-state index in [2.05, 4.69) is 0 Å². The van der Waals surface area contributed by atoms with Crippen molar-refractivity contribution in [1.29, 1.82) is 0 Å². The molecule has 1 amide bonds. The van der Waals surface area contributed by atoms with E-state index in [-0.39, 0.29) is 24.2 Å². The molecule has 0 heterocycles. The normalized spacial score (nSPS) is 12.1. The van der Waals surface area contributed by atoms with Crippen LogP contribution in [-0.2, 0) is 4.79 Å². The van der Waals surface area contributed by atoms with Crippen molar-refractivity contribution in [3.8, 4) is 0 Å². The first kappa shape index (κ1) is 18.4. The molecular formula is C19H20N2O4. The number of non-ortho nitro benzene ring substituents is 1. The minimum absolute atomic E-state index is 0.0228. The second kappa shape index (κ2) is 8.75. The third-order valence-electron chi connectivity index (χ3n) is 3.90. The maximum absolute atomic E-state index is 12.4. The van der Waals surface area contributed by atoms with Gasteiger partial charge in [-0.2, -0.15) is 0 Å². The summed E-state index contributed by atoms with van der Waals surface area (Å²) in [4.78, 5) is 24.3. The van der Waals surface area contributed by atoms with Crippen molar-refractivity contribution in [3.05, 3.63) is 81.9 Å². The number of aliphatic hydroxyl groups excluding tert-OH is 1. The van der Waals surface area contributed by atoms with Crippen LogP contribution in [0, 0.1) is 10.1 Å². The molecule has 2 aromatic carbocycles. The molecule has 0 bridgehead atoms. The van der Waals surface area contributed by atoms with Crippen molar-refractivity contribution in [2.75, 3.05) is 13.7 Å². The molecular weight excluding hydrogens is 320 g/mol. The van der Waals surface area contributed by atoms with Gasteiger partial charge in [0.05, 0.1) is 11.0 Å². The van der Waals surface area contributed by atoms with E-state index in [1.54, 1.807) is 30.2 Å². The molecule has 0 aliphatic carbocycles. The first-order valence-electron chi connectivity index (χ1n) is 7.88. The van der Waals surface area contributed by atoms with Crippen LogP contribution in [0.15, 0.2) is 60.7 Å². The monoisotopic (exact) mass is 340 g/mol. The van der Waals surface area contributed by atoms with E-state index < -0.39 is 4.92 Å². The third-order valence-corrected chi connectivity index (χ3v) is 3.90. The molecule has 6 heteroatoms. The van der Waals surface area contributed by atoms with Gasteiger partial charge in [0.25, 0.3) is 5.69 Å². The Morgan fingerprint density at radius 3 is 2.60 bits per heavy atom. The predicted molar refractivity (Wildman–Crippen MR) is 95.8 cm³/mol. The average molecular weight is 340 g/mol. The summed E-state index contributed by atoms with van der Waals surface area (Å²) >= 11 is 0. The average Bonchev–Trinajstić information content (AvgIpc) is 2.64. The van der Waals surface area contributed by atoms with Crippen LogP contribution < -0.4 is 0 Å². The summed E-state index contributed by atoms with van der Waals surface area (Å²) in [6.07, 6.45) is 3.36. The largest absolute Gasteiger partial charge is 0.396 e. The van der Waals surface area contributed by atoms with Crippen molar-refractivity contribution in [2.45, 2.75) is 12.5 Å². The Hall–Kier alpha value is -2.99. The summed E-state index contributed by atoms with van der Waals surface area (Å²) < 4.78 is 0. The molecule has 2 aromatic rings. The van der Waals surface area contributed by atoms with Crippen LogP contribution in [0.1, 0.15) is 23.6 Å². The molecule has 0 aliphatic heterocycles. The van der Waals surface area contributed by atoms with Crippen LogP contribution >= 0.6 is 0 Å².